The van der Waals surface area contributed by atoms with Crippen LogP contribution in [-0.2, 0) is 10.6 Å². The van der Waals surface area contributed by atoms with Crippen molar-refractivity contribution in [1.82, 2.24) is 9.55 Å². The molecule has 1 aromatic carbocycles. The standard InChI is InChI=1S/C16H19ClN2O2/c1-16(2)12(8-13(16)21-3)19-14(9-17)18-11-7-5-4-6-10(11)15(19)20/h4-7,12-13H,8-9H2,1-3H3. The molecule has 0 amide bonds. The predicted molar refractivity (Wildman–Crippen MR) is 83.8 cm³/mol. The highest BCUT2D eigenvalue weighted by Gasteiger charge is 2.50. The van der Waals surface area contributed by atoms with E-state index >= 15 is 0 Å². The number of nitrogens with zero attached hydrogens (tertiary/aromatic N) is 2. The van der Waals surface area contributed by atoms with Crippen LogP contribution in [0.5, 0.6) is 0 Å². The molecule has 21 heavy (non-hydrogen) atoms. The summed E-state index contributed by atoms with van der Waals surface area (Å²) in [5, 5.41) is 0.642. The highest BCUT2D eigenvalue weighted by molar-refractivity contribution is 6.16. The van der Waals surface area contributed by atoms with Crippen molar-refractivity contribution < 1.29 is 4.74 Å². The maximum atomic E-state index is 12.8. The first kappa shape index (κ1) is 14.5. The first-order valence-corrected chi connectivity index (χ1v) is 7.63. The Bertz CT molecular complexity index is 739. The lowest BCUT2D eigenvalue weighted by Crippen LogP contribution is -2.54. The van der Waals surface area contributed by atoms with E-state index in [4.69, 9.17) is 16.3 Å². The number of hydrogen-bond acceptors (Lipinski definition) is 3. The number of hydrogen-bond donors (Lipinski definition) is 0. The number of fused-ring (bicyclic) bond motifs is 1. The Morgan fingerprint density at radius 3 is 2.76 bits per heavy atom. The molecule has 1 aliphatic carbocycles. The first-order chi connectivity index (χ1) is 10.0. The molecule has 0 spiro atoms. The van der Waals surface area contributed by atoms with Gasteiger partial charge in [0.25, 0.3) is 5.56 Å². The number of aromatic nitrogens is 2. The van der Waals surface area contributed by atoms with Gasteiger partial charge in [-0.3, -0.25) is 9.36 Å². The molecule has 3 rings (SSSR count). The Labute approximate surface area is 128 Å². The van der Waals surface area contributed by atoms with Crippen LogP contribution in [0.15, 0.2) is 29.1 Å². The van der Waals surface area contributed by atoms with E-state index in [-0.39, 0.29) is 29.0 Å². The van der Waals surface area contributed by atoms with Gasteiger partial charge in [0.05, 0.1) is 22.9 Å². The molecular weight excluding hydrogens is 288 g/mol. The quantitative estimate of drug-likeness (QED) is 0.818. The topological polar surface area (TPSA) is 44.1 Å². The van der Waals surface area contributed by atoms with Gasteiger partial charge < -0.3 is 4.74 Å². The molecule has 5 heteroatoms. The van der Waals surface area contributed by atoms with Gasteiger partial charge in [0.1, 0.15) is 5.82 Å². The number of rotatable bonds is 3. The van der Waals surface area contributed by atoms with Crippen molar-refractivity contribution in [3.05, 3.63) is 40.4 Å². The molecule has 1 aromatic heterocycles. The first-order valence-electron chi connectivity index (χ1n) is 7.09. The lowest BCUT2D eigenvalue weighted by atomic mass is 9.64. The molecule has 0 aliphatic heterocycles. The Morgan fingerprint density at radius 2 is 2.14 bits per heavy atom. The fourth-order valence-corrected chi connectivity index (χ4v) is 3.50. The van der Waals surface area contributed by atoms with Crippen molar-refractivity contribution >= 4 is 22.5 Å². The molecule has 0 N–H and O–H groups in total. The summed E-state index contributed by atoms with van der Waals surface area (Å²) in [6.45, 7) is 4.24. The molecule has 1 aliphatic rings. The number of benzene rings is 1. The maximum absolute atomic E-state index is 12.8. The summed E-state index contributed by atoms with van der Waals surface area (Å²) in [6.07, 6.45) is 0.969. The van der Waals surface area contributed by atoms with Gasteiger partial charge in [0, 0.05) is 18.6 Å². The van der Waals surface area contributed by atoms with Crippen LogP contribution in [0.4, 0.5) is 0 Å². The van der Waals surface area contributed by atoms with Gasteiger partial charge in [-0.2, -0.15) is 0 Å². The van der Waals surface area contributed by atoms with E-state index in [2.05, 4.69) is 18.8 Å². The summed E-state index contributed by atoms with van der Waals surface area (Å²) < 4.78 is 7.25. The summed E-state index contributed by atoms with van der Waals surface area (Å²) >= 11 is 6.04. The van der Waals surface area contributed by atoms with Gasteiger partial charge in [-0.15, -0.1) is 11.6 Å². The van der Waals surface area contributed by atoms with Crippen molar-refractivity contribution in [2.45, 2.75) is 38.3 Å². The monoisotopic (exact) mass is 306 g/mol. The van der Waals surface area contributed by atoms with E-state index in [1.165, 1.54) is 0 Å². The molecule has 1 saturated carbocycles. The summed E-state index contributed by atoms with van der Waals surface area (Å²) in [5.41, 5.74) is 0.586. The number of halogens is 1. The number of para-hydroxylation sites is 1. The Balaban J connectivity index is 2.19. The van der Waals surface area contributed by atoms with Crippen molar-refractivity contribution in [2.24, 2.45) is 5.41 Å². The molecule has 0 radical (unpaired) electrons. The molecule has 2 atom stereocenters. The van der Waals surface area contributed by atoms with Crippen LogP contribution in [0, 0.1) is 5.41 Å². The van der Waals surface area contributed by atoms with E-state index in [0.29, 0.717) is 16.7 Å². The molecule has 2 unspecified atom stereocenters. The van der Waals surface area contributed by atoms with Gasteiger partial charge in [-0.05, 0) is 18.6 Å². The zero-order valence-electron chi connectivity index (χ0n) is 12.5. The third-order valence-electron chi connectivity index (χ3n) is 4.72. The van der Waals surface area contributed by atoms with Crippen LogP contribution in [0.3, 0.4) is 0 Å². The lowest BCUT2D eigenvalue weighted by Gasteiger charge is -2.51. The van der Waals surface area contributed by atoms with Crippen molar-refractivity contribution in [3.8, 4) is 0 Å². The van der Waals surface area contributed by atoms with Crippen LogP contribution in [-0.4, -0.2) is 22.8 Å². The minimum Gasteiger partial charge on any atom is -0.381 e. The van der Waals surface area contributed by atoms with E-state index in [0.717, 1.165) is 6.42 Å². The molecule has 1 heterocycles. The smallest absolute Gasteiger partial charge is 0.261 e. The van der Waals surface area contributed by atoms with E-state index in [9.17, 15) is 4.79 Å². The van der Waals surface area contributed by atoms with Crippen LogP contribution in [0.2, 0.25) is 0 Å². The average molecular weight is 307 g/mol. The SMILES string of the molecule is COC1CC(n2c(CCl)nc3ccccc3c2=O)C1(C)C. The lowest BCUT2D eigenvalue weighted by molar-refractivity contribution is -0.114. The second kappa shape index (κ2) is 5.11. The number of methoxy groups -OCH3 is 1. The second-order valence-electron chi connectivity index (χ2n) is 6.15. The normalized spacial score (nSPS) is 24.0. The third kappa shape index (κ3) is 2.09. The largest absolute Gasteiger partial charge is 0.381 e. The predicted octanol–water partition coefficient (Wildman–Crippen LogP) is 3.12. The van der Waals surface area contributed by atoms with Gasteiger partial charge in [-0.25, -0.2) is 4.98 Å². The van der Waals surface area contributed by atoms with Crippen LogP contribution in [0.1, 0.15) is 32.1 Å². The Hall–Kier alpha value is -1.39. The molecule has 0 saturated heterocycles. The fraction of sp³-hybridized carbons (Fsp3) is 0.500. The number of alkyl halides is 1. The van der Waals surface area contributed by atoms with Crippen LogP contribution < -0.4 is 5.56 Å². The van der Waals surface area contributed by atoms with Crippen molar-refractivity contribution in [3.63, 3.8) is 0 Å². The Kier molecular flexibility index (Phi) is 3.54. The van der Waals surface area contributed by atoms with E-state index < -0.39 is 0 Å². The molecule has 112 valence electrons. The van der Waals surface area contributed by atoms with Gasteiger partial charge in [-0.1, -0.05) is 26.0 Å². The van der Waals surface area contributed by atoms with Crippen LogP contribution >= 0.6 is 11.6 Å². The molecule has 0 bridgehead atoms. The van der Waals surface area contributed by atoms with Crippen molar-refractivity contribution in [2.75, 3.05) is 7.11 Å². The average Bonchev–Trinajstić information content (AvgIpc) is 2.48. The van der Waals surface area contributed by atoms with Gasteiger partial charge >= 0.3 is 0 Å². The zero-order chi connectivity index (χ0) is 15.2. The highest BCUT2D eigenvalue weighted by atomic mass is 35.5. The second-order valence-corrected chi connectivity index (χ2v) is 6.42. The zero-order valence-corrected chi connectivity index (χ0v) is 13.2. The molecule has 1 fully saturated rings. The maximum Gasteiger partial charge on any atom is 0.261 e. The minimum atomic E-state index is -0.108. The summed E-state index contributed by atoms with van der Waals surface area (Å²) in [4.78, 5) is 17.4. The fourth-order valence-electron chi connectivity index (χ4n) is 3.31. The number of ether oxygens (including phenoxy) is 1. The summed E-state index contributed by atoms with van der Waals surface area (Å²) in [7, 11) is 1.71. The van der Waals surface area contributed by atoms with E-state index in [1.54, 1.807) is 11.7 Å². The highest BCUT2D eigenvalue weighted by Crippen LogP contribution is 2.50. The van der Waals surface area contributed by atoms with Gasteiger partial charge in [0.15, 0.2) is 0 Å². The summed E-state index contributed by atoms with van der Waals surface area (Å²) in [6, 6.07) is 7.48. The minimum absolute atomic E-state index is 0.0103. The van der Waals surface area contributed by atoms with Crippen LogP contribution in [0.25, 0.3) is 10.9 Å². The van der Waals surface area contributed by atoms with Gasteiger partial charge in [0.2, 0.25) is 0 Å². The molecule has 2 aromatic rings. The van der Waals surface area contributed by atoms with E-state index in [1.807, 2.05) is 24.3 Å². The molecular formula is C16H19ClN2O2. The Morgan fingerprint density at radius 1 is 1.43 bits per heavy atom. The molecule has 4 nitrogen and oxygen atoms in total. The summed E-state index contributed by atoms with van der Waals surface area (Å²) in [5.74, 6) is 0.859. The van der Waals surface area contributed by atoms with Crippen molar-refractivity contribution in [1.29, 1.82) is 0 Å². The third-order valence-corrected chi connectivity index (χ3v) is 4.96.